The van der Waals surface area contributed by atoms with Gasteiger partial charge in [0.25, 0.3) is 0 Å². The molecule has 0 saturated carbocycles. The molecular formula is C21H30Br2OSSi. The van der Waals surface area contributed by atoms with E-state index in [9.17, 15) is 0 Å². The highest BCUT2D eigenvalue weighted by Crippen LogP contribution is 2.46. The van der Waals surface area contributed by atoms with Gasteiger partial charge in [-0.1, -0.05) is 41.5 Å². The van der Waals surface area contributed by atoms with E-state index in [0.717, 1.165) is 13.3 Å². The molecule has 0 amide bonds. The zero-order valence-electron chi connectivity index (χ0n) is 17.3. The van der Waals surface area contributed by atoms with Crippen molar-refractivity contribution in [2.75, 3.05) is 0 Å². The third-order valence-electron chi connectivity index (χ3n) is 4.08. The van der Waals surface area contributed by atoms with Crippen LogP contribution in [-0.4, -0.2) is 8.32 Å². The fourth-order valence-corrected chi connectivity index (χ4v) is 6.55. The van der Waals surface area contributed by atoms with E-state index in [1.54, 1.807) is 11.3 Å². The van der Waals surface area contributed by atoms with Gasteiger partial charge in [0.2, 0.25) is 8.32 Å². The quantitative estimate of drug-likeness (QED) is 0.369. The van der Waals surface area contributed by atoms with Crippen LogP contribution in [-0.2, 0) is 10.8 Å². The molecule has 0 aliphatic heterocycles. The Kier molecular flexibility index (Phi) is 6.30. The average Bonchev–Trinajstić information content (AvgIpc) is 2.73. The molecule has 0 saturated heterocycles. The third kappa shape index (κ3) is 5.24. The van der Waals surface area contributed by atoms with E-state index in [1.165, 1.54) is 22.3 Å². The number of halogens is 2. The van der Waals surface area contributed by atoms with Crippen molar-refractivity contribution in [1.82, 2.24) is 0 Å². The zero-order chi connectivity index (χ0) is 20.1. The SMILES string of the molecule is CC(C)(C)c1cc(-c2cc(Br)sc2Br)cc(C(C)(C)C)c1O[Si](C)(C)C. The lowest BCUT2D eigenvalue weighted by atomic mass is 9.78. The highest BCUT2D eigenvalue weighted by molar-refractivity contribution is 9.12. The second-order valence-electron chi connectivity index (χ2n) is 9.85. The summed E-state index contributed by atoms with van der Waals surface area (Å²) in [5, 5.41) is 0. The molecule has 0 aliphatic rings. The molecule has 0 spiro atoms. The minimum Gasteiger partial charge on any atom is -0.544 e. The highest BCUT2D eigenvalue weighted by Gasteiger charge is 2.31. The maximum Gasteiger partial charge on any atom is 0.242 e. The molecule has 0 fully saturated rings. The Balaban J connectivity index is 2.85. The fourth-order valence-electron chi connectivity index (χ4n) is 2.85. The van der Waals surface area contributed by atoms with Crippen LogP contribution in [0.3, 0.4) is 0 Å². The number of benzene rings is 1. The van der Waals surface area contributed by atoms with Crippen LogP contribution in [0.2, 0.25) is 19.6 Å². The van der Waals surface area contributed by atoms with Gasteiger partial charge < -0.3 is 4.43 Å². The van der Waals surface area contributed by atoms with Gasteiger partial charge in [-0.05, 0) is 97.2 Å². The van der Waals surface area contributed by atoms with Crippen molar-refractivity contribution >= 4 is 51.5 Å². The summed E-state index contributed by atoms with van der Waals surface area (Å²) in [5.74, 6) is 1.10. The van der Waals surface area contributed by atoms with Crippen molar-refractivity contribution in [2.45, 2.75) is 72.0 Å². The van der Waals surface area contributed by atoms with E-state index in [4.69, 9.17) is 4.43 Å². The van der Waals surface area contributed by atoms with Crippen LogP contribution in [0, 0.1) is 0 Å². The maximum absolute atomic E-state index is 6.66. The summed E-state index contributed by atoms with van der Waals surface area (Å²) in [6, 6.07) is 6.84. The Hall–Kier alpha value is -0.103. The predicted molar refractivity (Wildman–Crippen MR) is 127 cm³/mol. The Morgan fingerprint density at radius 1 is 0.846 bits per heavy atom. The van der Waals surface area contributed by atoms with Crippen LogP contribution in [0.5, 0.6) is 5.75 Å². The van der Waals surface area contributed by atoms with Crippen LogP contribution in [0.1, 0.15) is 52.7 Å². The number of thiophene rings is 1. The van der Waals surface area contributed by atoms with E-state index in [0.29, 0.717) is 0 Å². The lowest BCUT2D eigenvalue weighted by Crippen LogP contribution is -2.32. The Morgan fingerprint density at radius 3 is 1.62 bits per heavy atom. The molecule has 0 radical (unpaired) electrons. The van der Waals surface area contributed by atoms with Gasteiger partial charge in [-0.3, -0.25) is 0 Å². The molecule has 1 aromatic heterocycles. The summed E-state index contributed by atoms with van der Waals surface area (Å²) in [4.78, 5) is 0. The second-order valence-corrected chi connectivity index (χ2v) is 18.0. The van der Waals surface area contributed by atoms with Gasteiger partial charge in [0.1, 0.15) is 5.75 Å². The van der Waals surface area contributed by atoms with Gasteiger partial charge >= 0.3 is 0 Å². The van der Waals surface area contributed by atoms with Crippen LogP contribution in [0.4, 0.5) is 0 Å². The Labute approximate surface area is 180 Å². The summed E-state index contributed by atoms with van der Waals surface area (Å²) < 4.78 is 8.95. The largest absolute Gasteiger partial charge is 0.544 e. The summed E-state index contributed by atoms with van der Waals surface area (Å²) in [6.07, 6.45) is 0. The number of rotatable bonds is 3. The molecule has 26 heavy (non-hydrogen) atoms. The average molecular weight is 518 g/mol. The van der Waals surface area contributed by atoms with E-state index in [2.05, 4.69) is 111 Å². The monoisotopic (exact) mass is 516 g/mol. The van der Waals surface area contributed by atoms with Gasteiger partial charge in [-0.25, -0.2) is 0 Å². The lowest BCUT2D eigenvalue weighted by molar-refractivity contribution is 0.478. The Morgan fingerprint density at radius 2 is 1.31 bits per heavy atom. The predicted octanol–water partition coefficient (Wildman–Crippen LogP) is 8.75. The van der Waals surface area contributed by atoms with Crippen molar-refractivity contribution in [3.8, 4) is 16.9 Å². The molecule has 2 rings (SSSR count). The summed E-state index contributed by atoms with van der Waals surface area (Å²) in [7, 11) is -1.74. The number of hydrogen-bond acceptors (Lipinski definition) is 2. The first-order chi connectivity index (χ1) is 11.6. The van der Waals surface area contributed by atoms with Gasteiger partial charge in [-0.2, -0.15) is 0 Å². The minimum atomic E-state index is -1.74. The molecular weight excluding hydrogens is 488 g/mol. The van der Waals surface area contributed by atoms with E-state index < -0.39 is 8.32 Å². The molecule has 1 heterocycles. The van der Waals surface area contributed by atoms with Gasteiger partial charge in [0.05, 0.1) is 7.57 Å². The smallest absolute Gasteiger partial charge is 0.242 e. The van der Waals surface area contributed by atoms with Crippen molar-refractivity contribution in [3.63, 3.8) is 0 Å². The van der Waals surface area contributed by atoms with Crippen molar-refractivity contribution in [2.24, 2.45) is 0 Å². The van der Waals surface area contributed by atoms with Crippen LogP contribution in [0.15, 0.2) is 25.8 Å². The summed E-state index contributed by atoms with van der Waals surface area (Å²) >= 11 is 9.07. The molecule has 5 heteroatoms. The lowest BCUT2D eigenvalue weighted by Gasteiger charge is -2.34. The molecule has 0 aliphatic carbocycles. The minimum absolute atomic E-state index is 0.00469. The fraction of sp³-hybridized carbons (Fsp3) is 0.524. The highest BCUT2D eigenvalue weighted by atomic mass is 79.9. The van der Waals surface area contributed by atoms with Crippen molar-refractivity contribution in [3.05, 3.63) is 36.9 Å². The molecule has 0 bridgehead atoms. The van der Waals surface area contributed by atoms with E-state index in [-0.39, 0.29) is 10.8 Å². The summed E-state index contributed by atoms with van der Waals surface area (Å²) in [6.45, 7) is 20.4. The normalized spacial score (nSPS) is 13.2. The molecule has 0 atom stereocenters. The first kappa shape index (κ1) is 22.2. The topological polar surface area (TPSA) is 9.23 Å². The standard InChI is InChI=1S/C21H30Br2OSSi/c1-20(2,3)15-10-13(14-12-17(22)25-19(14)23)11-16(21(4,5)6)18(15)24-26(7,8)9/h10-12H,1-9H3. The molecule has 1 aromatic carbocycles. The maximum atomic E-state index is 6.66. The molecule has 144 valence electrons. The third-order valence-corrected chi connectivity index (χ3v) is 7.24. The van der Waals surface area contributed by atoms with Gasteiger partial charge in [0, 0.05) is 5.56 Å². The molecule has 0 unspecified atom stereocenters. The zero-order valence-corrected chi connectivity index (χ0v) is 22.3. The summed E-state index contributed by atoms with van der Waals surface area (Å²) in [5.41, 5.74) is 5.07. The van der Waals surface area contributed by atoms with Crippen molar-refractivity contribution < 1.29 is 4.43 Å². The van der Waals surface area contributed by atoms with Crippen molar-refractivity contribution in [1.29, 1.82) is 0 Å². The van der Waals surface area contributed by atoms with Crippen LogP contribution < -0.4 is 4.43 Å². The second kappa shape index (κ2) is 7.38. The van der Waals surface area contributed by atoms with Crippen LogP contribution in [0.25, 0.3) is 11.1 Å². The van der Waals surface area contributed by atoms with E-state index in [1.807, 2.05) is 0 Å². The molecule has 0 N–H and O–H groups in total. The number of hydrogen-bond donors (Lipinski definition) is 0. The van der Waals surface area contributed by atoms with Gasteiger partial charge in [0.15, 0.2) is 0 Å². The van der Waals surface area contributed by atoms with Crippen LogP contribution >= 0.6 is 43.2 Å². The molecule has 1 nitrogen and oxygen atoms in total. The van der Waals surface area contributed by atoms with Gasteiger partial charge in [-0.15, -0.1) is 11.3 Å². The molecule has 2 aromatic rings. The van der Waals surface area contributed by atoms with E-state index >= 15 is 0 Å². The first-order valence-electron chi connectivity index (χ1n) is 8.93. The Bertz CT molecular complexity index is 770. The first-order valence-corrected chi connectivity index (χ1v) is 14.7.